The van der Waals surface area contributed by atoms with Gasteiger partial charge in [-0.2, -0.15) is 0 Å². The van der Waals surface area contributed by atoms with Crippen molar-refractivity contribution in [2.75, 3.05) is 0 Å². The number of rotatable bonds is 1. The van der Waals surface area contributed by atoms with Gasteiger partial charge in [-0.3, -0.25) is 0 Å². The molecule has 0 fully saturated rings. The van der Waals surface area contributed by atoms with Crippen LogP contribution in [0, 0.1) is 13.8 Å². The van der Waals surface area contributed by atoms with E-state index in [9.17, 15) is 0 Å². The van der Waals surface area contributed by atoms with Crippen LogP contribution in [0.3, 0.4) is 0 Å². The number of pyridine rings is 1. The number of fused-ring (bicyclic) bond motifs is 2. The second-order valence-corrected chi connectivity index (χ2v) is 5.92. The molecule has 0 unspecified atom stereocenters. The van der Waals surface area contributed by atoms with Gasteiger partial charge in [0.05, 0.1) is 22.1 Å². The Hall–Kier alpha value is -2.39. The zero-order valence-corrected chi connectivity index (χ0v) is 13.1. The molecule has 0 aliphatic rings. The van der Waals surface area contributed by atoms with Gasteiger partial charge in [0.1, 0.15) is 11.0 Å². The van der Waals surface area contributed by atoms with Gasteiger partial charge in [0.2, 0.25) is 0 Å². The number of H-pyrrole nitrogens is 1. The second-order valence-electron chi connectivity index (χ2n) is 5.56. The number of halogens is 1. The lowest BCUT2D eigenvalue weighted by Gasteiger charge is -2.03. The lowest BCUT2D eigenvalue weighted by molar-refractivity contribution is 1.31. The molecule has 0 bridgehead atoms. The van der Waals surface area contributed by atoms with E-state index < -0.39 is 0 Å². The van der Waals surface area contributed by atoms with Crippen LogP contribution in [0.25, 0.3) is 33.3 Å². The molecule has 0 amide bonds. The number of hydrogen-bond acceptors (Lipinski definition) is 2. The molecule has 2 heterocycles. The Morgan fingerprint density at radius 3 is 2.55 bits per heavy atom. The van der Waals surface area contributed by atoms with Gasteiger partial charge < -0.3 is 4.98 Å². The highest BCUT2D eigenvalue weighted by Gasteiger charge is 2.12. The molecule has 4 heteroatoms. The first kappa shape index (κ1) is 13.3. The third kappa shape index (κ3) is 2.06. The van der Waals surface area contributed by atoms with Gasteiger partial charge in [-0.05, 0) is 49.2 Å². The molecule has 0 saturated carbocycles. The van der Waals surface area contributed by atoms with E-state index in [0.717, 1.165) is 33.3 Å². The van der Waals surface area contributed by atoms with Gasteiger partial charge in [-0.15, -0.1) is 0 Å². The SMILES string of the molecule is Cc1cc2nc(-c3cc4ccccc4nc3Cl)[nH]c2cc1C. The first-order valence-corrected chi connectivity index (χ1v) is 7.52. The van der Waals surface area contributed by atoms with E-state index in [1.54, 1.807) is 0 Å². The number of para-hydroxylation sites is 1. The average molecular weight is 308 g/mol. The van der Waals surface area contributed by atoms with Crippen molar-refractivity contribution in [2.45, 2.75) is 13.8 Å². The van der Waals surface area contributed by atoms with Gasteiger partial charge in [0, 0.05) is 5.39 Å². The molecule has 1 N–H and O–H groups in total. The van der Waals surface area contributed by atoms with Crippen molar-refractivity contribution in [1.82, 2.24) is 15.0 Å². The minimum absolute atomic E-state index is 0.464. The summed E-state index contributed by atoms with van der Waals surface area (Å²) >= 11 is 6.36. The zero-order chi connectivity index (χ0) is 15.3. The van der Waals surface area contributed by atoms with Gasteiger partial charge in [-0.1, -0.05) is 29.8 Å². The summed E-state index contributed by atoms with van der Waals surface area (Å²) in [7, 11) is 0. The van der Waals surface area contributed by atoms with E-state index in [4.69, 9.17) is 11.6 Å². The molecule has 4 rings (SSSR count). The van der Waals surface area contributed by atoms with Crippen LogP contribution in [-0.2, 0) is 0 Å². The van der Waals surface area contributed by atoms with E-state index in [0.29, 0.717) is 5.15 Å². The Morgan fingerprint density at radius 1 is 0.909 bits per heavy atom. The first-order valence-electron chi connectivity index (χ1n) is 7.14. The van der Waals surface area contributed by atoms with Gasteiger partial charge in [0.15, 0.2) is 0 Å². The fourth-order valence-corrected chi connectivity index (χ4v) is 2.89. The summed E-state index contributed by atoms with van der Waals surface area (Å²) in [6.45, 7) is 4.19. The number of imidazole rings is 1. The fraction of sp³-hybridized carbons (Fsp3) is 0.111. The third-order valence-electron chi connectivity index (χ3n) is 4.03. The quantitative estimate of drug-likeness (QED) is 0.500. The van der Waals surface area contributed by atoms with Crippen molar-refractivity contribution in [3.05, 3.63) is 58.7 Å². The Labute approximate surface area is 133 Å². The zero-order valence-electron chi connectivity index (χ0n) is 12.3. The van der Waals surface area contributed by atoms with Crippen LogP contribution in [0.5, 0.6) is 0 Å². The number of nitrogens with one attached hydrogen (secondary N) is 1. The maximum absolute atomic E-state index is 6.36. The van der Waals surface area contributed by atoms with Crippen molar-refractivity contribution in [3.63, 3.8) is 0 Å². The molecule has 0 spiro atoms. The van der Waals surface area contributed by atoms with Crippen molar-refractivity contribution in [1.29, 1.82) is 0 Å². The molecule has 22 heavy (non-hydrogen) atoms. The van der Waals surface area contributed by atoms with E-state index >= 15 is 0 Å². The van der Waals surface area contributed by atoms with Crippen LogP contribution in [0.2, 0.25) is 5.15 Å². The number of nitrogens with zero attached hydrogens (tertiary/aromatic N) is 2. The molecule has 0 radical (unpaired) electrons. The number of benzene rings is 2. The molecular formula is C18H14ClN3. The minimum atomic E-state index is 0.464. The molecule has 3 nitrogen and oxygen atoms in total. The first-order chi connectivity index (χ1) is 10.6. The summed E-state index contributed by atoms with van der Waals surface area (Å²) in [4.78, 5) is 12.5. The van der Waals surface area contributed by atoms with Crippen LogP contribution in [0.1, 0.15) is 11.1 Å². The Morgan fingerprint density at radius 2 is 1.68 bits per heavy atom. The Kier molecular flexibility index (Phi) is 2.91. The predicted molar refractivity (Wildman–Crippen MR) is 91.3 cm³/mol. The molecule has 0 aliphatic carbocycles. The Bertz CT molecular complexity index is 979. The summed E-state index contributed by atoms with van der Waals surface area (Å²) in [5.41, 5.74) is 6.15. The summed E-state index contributed by atoms with van der Waals surface area (Å²) in [6, 6.07) is 14.2. The summed E-state index contributed by atoms with van der Waals surface area (Å²) in [5.74, 6) is 0.753. The largest absolute Gasteiger partial charge is 0.338 e. The van der Waals surface area contributed by atoms with E-state index in [2.05, 4.69) is 40.9 Å². The van der Waals surface area contributed by atoms with Crippen LogP contribution < -0.4 is 0 Å². The van der Waals surface area contributed by atoms with Gasteiger partial charge >= 0.3 is 0 Å². The highest BCUT2D eigenvalue weighted by Crippen LogP contribution is 2.30. The Balaban J connectivity index is 1.96. The molecular weight excluding hydrogens is 294 g/mol. The van der Waals surface area contributed by atoms with E-state index in [-0.39, 0.29) is 0 Å². The number of aryl methyl sites for hydroxylation is 2. The molecule has 4 aromatic rings. The van der Waals surface area contributed by atoms with Crippen LogP contribution >= 0.6 is 11.6 Å². The predicted octanol–water partition coefficient (Wildman–Crippen LogP) is 5.05. The molecule has 0 atom stereocenters. The molecule has 2 aromatic carbocycles. The lowest BCUT2D eigenvalue weighted by atomic mass is 10.1. The third-order valence-corrected chi connectivity index (χ3v) is 4.32. The van der Waals surface area contributed by atoms with Crippen LogP contribution in [-0.4, -0.2) is 15.0 Å². The molecule has 2 aromatic heterocycles. The van der Waals surface area contributed by atoms with Crippen LogP contribution in [0.4, 0.5) is 0 Å². The standard InChI is InChI=1S/C18H14ClN3/c1-10-7-15-16(8-11(10)2)22-18(21-15)13-9-12-5-3-4-6-14(12)20-17(13)19/h3-9H,1-2H3,(H,21,22). The lowest BCUT2D eigenvalue weighted by Crippen LogP contribution is -1.87. The topological polar surface area (TPSA) is 41.6 Å². The van der Waals surface area contributed by atoms with Crippen molar-refractivity contribution in [3.8, 4) is 11.4 Å². The van der Waals surface area contributed by atoms with Crippen molar-refractivity contribution < 1.29 is 0 Å². The van der Waals surface area contributed by atoms with E-state index in [1.165, 1.54) is 11.1 Å². The smallest absolute Gasteiger partial charge is 0.141 e. The van der Waals surface area contributed by atoms with Crippen LogP contribution in [0.15, 0.2) is 42.5 Å². The number of aromatic amines is 1. The monoisotopic (exact) mass is 307 g/mol. The maximum Gasteiger partial charge on any atom is 0.141 e. The summed E-state index contributed by atoms with van der Waals surface area (Å²) in [6.07, 6.45) is 0. The second kappa shape index (κ2) is 4.82. The molecule has 108 valence electrons. The average Bonchev–Trinajstić information content (AvgIpc) is 2.89. The fourth-order valence-electron chi connectivity index (χ4n) is 2.66. The highest BCUT2D eigenvalue weighted by atomic mass is 35.5. The maximum atomic E-state index is 6.36. The van der Waals surface area contributed by atoms with Crippen molar-refractivity contribution in [2.24, 2.45) is 0 Å². The van der Waals surface area contributed by atoms with Crippen molar-refractivity contribution >= 4 is 33.5 Å². The van der Waals surface area contributed by atoms with Gasteiger partial charge in [0.25, 0.3) is 0 Å². The number of aromatic nitrogens is 3. The van der Waals surface area contributed by atoms with E-state index in [1.807, 2.05) is 30.3 Å². The summed E-state index contributed by atoms with van der Waals surface area (Å²) < 4.78 is 0. The van der Waals surface area contributed by atoms with Gasteiger partial charge in [-0.25, -0.2) is 9.97 Å². The summed E-state index contributed by atoms with van der Waals surface area (Å²) in [5, 5.41) is 1.51. The highest BCUT2D eigenvalue weighted by molar-refractivity contribution is 6.32. The molecule has 0 aliphatic heterocycles. The number of hydrogen-bond donors (Lipinski definition) is 1. The molecule has 0 saturated heterocycles. The minimum Gasteiger partial charge on any atom is -0.338 e. The normalized spacial score (nSPS) is 11.4.